The molecular formula is C19H31N5O. The van der Waals surface area contributed by atoms with Crippen molar-refractivity contribution in [1.29, 1.82) is 0 Å². The molecule has 0 unspecified atom stereocenters. The lowest BCUT2D eigenvalue weighted by Crippen LogP contribution is -2.44. The van der Waals surface area contributed by atoms with Crippen molar-refractivity contribution < 1.29 is 4.74 Å². The number of anilines is 1. The number of piperazine rings is 1. The topological polar surface area (TPSA) is 44.7 Å². The Kier molecular flexibility index (Phi) is 5.48. The molecule has 1 aromatic heterocycles. The van der Waals surface area contributed by atoms with Crippen molar-refractivity contribution in [2.24, 2.45) is 0 Å². The van der Waals surface area contributed by atoms with Gasteiger partial charge in [-0.1, -0.05) is 0 Å². The highest BCUT2D eigenvalue weighted by molar-refractivity contribution is 5.38. The average molecular weight is 345 g/mol. The van der Waals surface area contributed by atoms with Gasteiger partial charge < -0.3 is 19.4 Å². The van der Waals surface area contributed by atoms with E-state index in [1.54, 1.807) is 0 Å². The fraction of sp³-hybridized carbons (Fsp3) is 0.789. The van der Waals surface area contributed by atoms with Gasteiger partial charge in [0.2, 0.25) is 0 Å². The van der Waals surface area contributed by atoms with E-state index in [1.165, 1.54) is 32.4 Å². The Hall–Kier alpha value is -1.24. The molecule has 0 N–H and O–H groups in total. The Morgan fingerprint density at radius 1 is 0.960 bits per heavy atom. The normalized spacial score (nSPS) is 28.8. The minimum Gasteiger partial charge on any atom is -0.373 e. The van der Waals surface area contributed by atoms with Crippen molar-refractivity contribution in [2.45, 2.75) is 44.3 Å². The molecule has 25 heavy (non-hydrogen) atoms. The van der Waals surface area contributed by atoms with E-state index in [2.05, 4.69) is 44.1 Å². The van der Waals surface area contributed by atoms with Crippen LogP contribution >= 0.6 is 0 Å². The van der Waals surface area contributed by atoms with Crippen molar-refractivity contribution in [2.75, 3.05) is 57.8 Å². The lowest BCUT2D eigenvalue weighted by molar-refractivity contribution is 0.0270. The minimum absolute atomic E-state index is 0.316. The van der Waals surface area contributed by atoms with Gasteiger partial charge in [-0.05, 0) is 58.0 Å². The van der Waals surface area contributed by atoms with Crippen LogP contribution in [0.25, 0.3) is 0 Å². The summed E-state index contributed by atoms with van der Waals surface area (Å²) in [5, 5.41) is 8.93. The predicted octanol–water partition coefficient (Wildman–Crippen LogP) is 1.41. The molecule has 0 bridgehead atoms. The van der Waals surface area contributed by atoms with Crippen molar-refractivity contribution in [1.82, 2.24) is 20.0 Å². The van der Waals surface area contributed by atoms with Crippen LogP contribution in [0, 0.1) is 0 Å². The standard InChI is InChI=1S/C19H31N5O/c1-22-10-12-24(13-11-22)19-7-4-16(20-21-19)14-17-5-6-18(25-17)15-23-8-2-3-9-23/h4,7,17-18H,2-3,5-6,8-15H2,1H3/t17-,18+/m0/s1. The van der Waals surface area contributed by atoms with Gasteiger partial charge >= 0.3 is 0 Å². The molecular weight excluding hydrogens is 314 g/mol. The zero-order chi connectivity index (χ0) is 17.1. The minimum atomic E-state index is 0.316. The molecule has 0 saturated carbocycles. The lowest BCUT2D eigenvalue weighted by Gasteiger charge is -2.32. The second-order valence-electron chi connectivity index (χ2n) is 7.84. The molecule has 4 rings (SSSR count). The third-order valence-electron chi connectivity index (χ3n) is 5.83. The summed E-state index contributed by atoms with van der Waals surface area (Å²) in [5.74, 6) is 1.01. The van der Waals surface area contributed by atoms with Crippen molar-refractivity contribution >= 4 is 5.82 Å². The summed E-state index contributed by atoms with van der Waals surface area (Å²) in [4.78, 5) is 7.24. The zero-order valence-corrected chi connectivity index (χ0v) is 15.4. The summed E-state index contributed by atoms with van der Waals surface area (Å²) in [7, 11) is 2.17. The Bertz CT molecular complexity index is 537. The fourth-order valence-electron chi connectivity index (χ4n) is 4.22. The highest BCUT2D eigenvalue weighted by Gasteiger charge is 2.28. The monoisotopic (exact) mass is 345 g/mol. The van der Waals surface area contributed by atoms with E-state index < -0.39 is 0 Å². The van der Waals surface area contributed by atoms with E-state index in [1.807, 2.05) is 0 Å². The molecule has 0 aliphatic carbocycles. The first-order valence-electron chi connectivity index (χ1n) is 9.90. The van der Waals surface area contributed by atoms with E-state index in [0.717, 1.165) is 57.1 Å². The van der Waals surface area contributed by atoms with Gasteiger partial charge in [0.25, 0.3) is 0 Å². The highest BCUT2D eigenvalue weighted by atomic mass is 16.5. The van der Waals surface area contributed by atoms with Crippen LogP contribution in [0.3, 0.4) is 0 Å². The molecule has 2 atom stereocenters. The number of hydrogen-bond acceptors (Lipinski definition) is 6. The van der Waals surface area contributed by atoms with Crippen LogP contribution in [0.15, 0.2) is 12.1 Å². The molecule has 0 amide bonds. The quantitative estimate of drug-likeness (QED) is 0.804. The van der Waals surface area contributed by atoms with Crippen LogP contribution in [0.2, 0.25) is 0 Å². The summed E-state index contributed by atoms with van der Waals surface area (Å²) in [6, 6.07) is 4.27. The summed E-state index contributed by atoms with van der Waals surface area (Å²) in [6.45, 7) is 7.89. The second kappa shape index (κ2) is 7.98. The summed E-state index contributed by atoms with van der Waals surface area (Å²) >= 11 is 0. The highest BCUT2D eigenvalue weighted by Crippen LogP contribution is 2.24. The first kappa shape index (κ1) is 17.2. The van der Waals surface area contributed by atoms with Crippen LogP contribution in [0.4, 0.5) is 5.82 Å². The van der Waals surface area contributed by atoms with E-state index in [4.69, 9.17) is 4.74 Å². The Balaban J connectivity index is 1.25. The van der Waals surface area contributed by atoms with Crippen molar-refractivity contribution in [3.8, 4) is 0 Å². The van der Waals surface area contributed by atoms with E-state index in [0.29, 0.717) is 12.2 Å². The predicted molar refractivity (Wildman–Crippen MR) is 99.0 cm³/mol. The van der Waals surface area contributed by atoms with Crippen LogP contribution < -0.4 is 4.90 Å². The molecule has 6 nitrogen and oxygen atoms in total. The Morgan fingerprint density at radius 3 is 2.44 bits per heavy atom. The van der Waals surface area contributed by atoms with Gasteiger partial charge in [-0.15, -0.1) is 5.10 Å². The number of likely N-dealkylation sites (N-methyl/N-ethyl adjacent to an activating group) is 1. The van der Waals surface area contributed by atoms with Crippen LogP contribution in [0.5, 0.6) is 0 Å². The zero-order valence-electron chi connectivity index (χ0n) is 15.4. The first-order chi connectivity index (χ1) is 12.3. The van der Waals surface area contributed by atoms with E-state index in [9.17, 15) is 0 Å². The lowest BCUT2D eigenvalue weighted by atomic mass is 10.1. The molecule has 3 fully saturated rings. The molecule has 3 aliphatic rings. The molecule has 1 aromatic rings. The SMILES string of the molecule is CN1CCN(c2ccc(C[C@@H]3CC[C@H](CN4CCCC4)O3)nn2)CC1. The molecule has 3 aliphatic heterocycles. The molecule has 6 heteroatoms. The van der Waals surface area contributed by atoms with E-state index >= 15 is 0 Å². The van der Waals surface area contributed by atoms with E-state index in [-0.39, 0.29) is 0 Å². The molecule has 0 radical (unpaired) electrons. The number of nitrogens with zero attached hydrogens (tertiary/aromatic N) is 5. The maximum absolute atomic E-state index is 6.26. The third-order valence-corrected chi connectivity index (χ3v) is 5.83. The molecule has 3 saturated heterocycles. The van der Waals surface area contributed by atoms with Gasteiger partial charge in [0.1, 0.15) is 0 Å². The van der Waals surface area contributed by atoms with Crippen molar-refractivity contribution in [3.63, 3.8) is 0 Å². The van der Waals surface area contributed by atoms with Crippen molar-refractivity contribution in [3.05, 3.63) is 17.8 Å². The van der Waals surface area contributed by atoms with Crippen LogP contribution in [-0.4, -0.2) is 85.1 Å². The molecule has 0 spiro atoms. The molecule has 138 valence electrons. The maximum atomic E-state index is 6.26. The largest absolute Gasteiger partial charge is 0.373 e. The van der Waals surface area contributed by atoms with Gasteiger partial charge in [0.05, 0.1) is 17.9 Å². The number of hydrogen-bond donors (Lipinski definition) is 0. The third kappa shape index (κ3) is 4.49. The smallest absolute Gasteiger partial charge is 0.151 e. The second-order valence-corrected chi connectivity index (χ2v) is 7.84. The number of ether oxygens (including phenoxy) is 1. The number of aromatic nitrogens is 2. The number of rotatable bonds is 5. The number of likely N-dealkylation sites (tertiary alicyclic amines) is 1. The van der Waals surface area contributed by atoms with Gasteiger partial charge in [0.15, 0.2) is 5.82 Å². The van der Waals surface area contributed by atoms with Crippen LogP contribution in [0.1, 0.15) is 31.4 Å². The first-order valence-corrected chi connectivity index (χ1v) is 9.90. The van der Waals surface area contributed by atoms with Gasteiger partial charge in [-0.2, -0.15) is 5.10 Å². The average Bonchev–Trinajstić information content (AvgIpc) is 3.29. The summed E-state index contributed by atoms with van der Waals surface area (Å²) in [5.41, 5.74) is 1.06. The fourth-order valence-corrected chi connectivity index (χ4v) is 4.22. The summed E-state index contributed by atoms with van der Waals surface area (Å²) < 4.78 is 6.26. The van der Waals surface area contributed by atoms with Gasteiger partial charge in [-0.3, -0.25) is 0 Å². The molecule has 4 heterocycles. The Labute approximate surface area is 151 Å². The van der Waals surface area contributed by atoms with Crippen LogP contribution in [-0.2, 0) is 11.2 Å². The van der Waals surface area contributed by atoms with Gasteiger partial charge in [-0.25, -0.2) is 0 Å². The maximum Gasteiger partial charge on any atom is 0.151 e. The summed E-state index contributed by atoms with van der Waals surface area (Å²) in [6.07, 6.45) is 6.68. The molecule has 0 aromatic carbocycles. The Morgan fingerprint density at radius 2 is 1.72 bits per heavy atom. The van der Waals surface area contributed by atoms with Gasteiger partial charge in [0, 0.05) is 39.1 Å².